The van der Waals surface area contributed by atoms with Gasteiger partial charge in [-0.3, -0.25) is 0 Å². The van der Waals surface area contributed by atoms with Gasteiger partial charge in [0.05, 0.1) is 6.21 Å². The Morgan fingerprint density at radius 3 is 2.17 bits per heavy atom. The van der Waals surface area contributed by atoms with E-state index in [9.17, 15) is 0 Å². The van der Waals surface area contributed by atoms with Gasteiger partial charge < -0.3 is 16.2 Å². The maximum Gasteiger partial charge on any atom is 0.211 e. The van der Waals surface area contributed by atoms with Crippen molar-refractivity contribution in [2.24, 2.45) is 21.7 Å². The van der Waals surface area contributed by atoms with E-state index >= 15 is 0 Å². The third-order valence-corrected chi connectivity index (χ3v) is 3.49. The Labute approximate surface area is 143 Å². The van der Waals surface area contributed by atoms with Crippen LogP contribution < -0.4 is 16.2 Å². The van der Waals surface area contributed by atoms with Gasteiger partial charge in [-0.1, -0.05) is 45.0 Å². The molecule has 5 heteroatoms. The van der Waals surface area contributed by atoms with E-state index in [1.807, 2.05) is 24.3 Å². The number of hydrogen-bond acceptors (Lipinski definition) is 3. The van der Waals surface area contributed by atoms with Gasteiger partial charge in [0.2, 0.25) is 5.96 Å². The third kappa shape index (κ3) is 5.43. The van der Waals surface area contributed by atoms with Crippen molar-refractivity contribution in [3.63, 3.8) is 0 Å². The molecule has 0 unspecified atom stereocenters. The van der Waals surface area contributed by atoms with Gasteiger partial charge in [-0.2, -0.15) is 5.10 Å². The molecule has 0 fully saturated rings. The van der Waals surface area contributed by atoms with Crippen LogP contribution in [0.25, 0.3) is 0 Å². The Kier molecular flexibility index (Phi) is 5.58. The maximum absolute atomic E-state index is 5.80. The smallest absolute Gasteiger partial charge is 0.211 e. The number of nitrogens with two attached hydrogens (primary N) is 2. The molecule has 0 spiro atoms. The molecule has 0 aliphatic heterocycles. The standard InChI is InChI=1S/C19H24N4O/c1-19(2,3)16-8-4-15(5-9-16)13-24-17-10-6-14(7-11-17)12-22-23-18(20)21/h4-12H,13H2,1-3H3,(H4,20,21,23)/b22-12+. The van der Waals surface area contributed by atoms with E-state index in [-0.39, 0.29) is 11.4 Å². The quantitative estimate of drug-likeness (QED) is 0.503. The highest BCUT2D eigenvalue weighted by molar-refractivity contribution is 5.81. The van der Waals surface area contributed by atoms with Crippen LogP contribution in [0.4, 0.5) is 0 Å². The second kappa shape index (κ2) is 7.64. The van der Waals surface area contributed by atoms with E-state index in [1.54, 1.807) is 6.21 Å². The normalized spacial score (nSPS) is 11.5. The first-order valence-electron chi connectivity index (χ1n) is 7.79. The molecule has 2 rings (SSSR count). The Morgan fingerprint density at radius 1 is 1.00 bits per heavy atom. The molecule has 24 heavy (non-hydrogen) atoms. The third-order valence-electron chi connectivity index (χ3n) is 3.49. The van der Waals surface area contributed by atoms with Crippen LogP contribution in [-0.4, -0.2) is 12.2 Å². The van der Waals surface area contributed by atoms with E-state index in [4.69, 9.17) is 16.2 Å². The number of nitrogens with zero attached hydrogens (tertiary/aromatic N) is 2. The van der Waals surface area contributed by atoms with Crippen LogP contribution in [0, 0.1) is 0 Å². The van der Waals surface area contributed by atoms with Crippen LogP contribution in [0.5, 0.6) is 5.75 Å². The number of ether oxygens (including phenoxy) is 1. The van der Waals surface area contributed by atoms with Gasteiger partial charge in [0.1, 0.15) is 12.4 Å². The van der Waals surface area contributed by atoms with Gasteiger partial charge in [0, 0.05) is 0 Å². The fourth-order valence-electron chi connectivity index (χ4n) is 2.08. The molecule has 0 amide bonds. The minimum atomic E-state index is -0.0660. The molecule has 0 saturated heterocycles. The molecule has 5 nitrogen and oxygen atoms in total. The molecule has 0 radical (unpaired) electrons. The van der Waals surface area contributed by atoms with Crippen molar-refractivity contribution in [3.8, 4) is 5.75 Å². The number of rotatable bonds is 5. The van der Waals surface area contributed by atoms with Crippen molar-refractivity contribution in [1.29, 1.82) is 0 Å². The summed E-state index contributed by atoms with van der Waals surface area (Å²) in [6.45, 7) is 7.15. The van der Waals surface area contributed by atoms with Crippen molar-refractivity contribution < 1.29 is 4.74 Å². The van der Waals surface area contributed by atoms with Gasteiger partial charge in [0.15, 0.2) is 0 Å². The van der Waals surface area contributed by atoms with Gasteiger partial charge >= 0.3 is 0 Å². The summed E-state index contributed by atoms with van der Waals surface area (Å²) in [7, 11) is 0. The summed E-state index contributed by atoms with van der Waals surface area (Å²) in [5.74, 6) is 0.734. The van der Waals surface area contributed by atoms with E-state index in [1.165, 1.54) is 5.56 Å². The molecular formula is C19H24N4O. The van der Waals surface area contributed by atoms with Crippen molar-refractivity contribution in [2.75, 3.05) is 0 Å². The zero-order valence-corrected chi connectivity index (χ0v) is 14.4. The Morgan fingerprint density at radius 2 is 1.62 bits per heavy atom. The van der Waals surface area contributed by atoms with Crippen molar-refractivity contribution in [2.45, 2.75) is 32.8 Å². The number of hydrogen-bond donors (Lipinski definition) is 2. The predicted octanol–water partition coefficient (Wildman–Crippen LogP) is 3.17. The first-order valence-corrected chi connectivity index (χ1v) is 7.79. The van der Waals surface area contributed by atoms with Gasteiger partial charge in [-0.05, 0) is 46.4 Å². The Bertz CT molecular complexity index is 707. The first kappa shape index (κ1) is 17.5. The van der Waals surface area contributed by atoms with Crippen molar-refractivity contribution in [3.05, 3.63) is 65.2 Å². The average Bonchev–Trinajstić information content (AvgIpc) is 2.53. The van der Waals surface area contributed by atoms with Crippen molar-refractivity contribution >= 4 is 12.2 Å². The highest BCUT2D eigenvalue weighted by atomic mass is 16.5. The van der Waals surface area contributed by atoms with Gasteiger partial charge in [-0.25, -0.2) is 0 Å². The molecule has 0 atom stereocenters. The maximum atomic E-state index is 5.80. The lowest BCUT2D eigenvalue weighted by atomic mass is 9.87. The minimum absolute atomic E-state index is 0.0660. The molecule has 2 aromatic rings. The molecule has 126 valence electrons. The topological polar surface area (TPSA) is 86.0 Å². The van der Waals surface area contributed by atoms with E-state index < -0.39 is 0 Å². The van der Waals surface area contributed by atoms with Crippen LogP contribution in [0.2, 0.25) is 0 Å². The Balaban J connectivity index is 1.92. The molecule has 0 heterocycles. The van der Waals surface area contributed by atoms with Crippen LogP contribution in [0.1, 0.15) is 37.5 Å². The van der Waals surface area contributed by atoms with Crippen LogP contribution in [-0.2, 0) is 12.0 Å². The number of benzene rings is 2. The lowest BCUT2D eigenvalue weighted by molar-refractivity contribution is 0.306. The fraction of sp³-hybridized carbons (Fsp3) is 0.263. The highest BCUT2D eigenvalue weighted by Crippen LogP contribution is 2.22. The Hall–Kier alpha value is -2.82. The molecule has 2 aromatic carbocycles. The minimum Gasteiger partial charge on any atom is -0.489 e. The highest BCUT2D eigenvalue weighted by Gasteiger charge is 2.12. The van der Waals surface area contributed by atoms with E-state index in [0.29, 0.717) is 6.61 Å². The summed E-state index contributed by atoms with van der Waals surface area (Å²) in [6.07, 6.45) is 1.58. The van der Waals surface area contributed by atoms with Gasteiger partial charge in [0.25, 0.3) is 0 Å². The van der Waals surface area contributed by atoms with E-state index in [0.717, 1.165) is 16.9 Å². The van der Waals surface area contributed by atoms with E-state index in [2.05, 4.69) is 55.2 Å². The van der Waals surface area contributed by atoms with Gasteiger partial charge in [-0.15, -0.1) is 5.10 Å². The molecule has 0 aliphatic rings. The van der Waals surface area contributed by atoms with Crippen LogP contribution >= 0.6 is 0 Å². The second-order valence-corrected chi connectivity index (χ2v) is 6.57. The van der Waals surface area contributed by atoms with Crippen LogP contribution in [0.15, 0.2) is 58.7 Å². The first-order chi connectivity index (χ1) is 11.3. The molecule has 0 aromatic heterocycles. The lowest BCUT2D eigenvalue weighted by Crippen LogP contribution is -2.21. The molecule has 4 N–H and O–H groups in total. The number of guanidine groups is 1. The van der Waals surface area contributed by atoms with Crippen molar-refractivity contribution in [1.82, 2.24) is 0 Å². The summed E-state index contributed by atoms with van der Waals surface area (Å²) in [5, 5.41) is 7.32. The zero-order chi connectivity index (χ0) is 17.6. The van der Waals surface area contributed by atoms with Crippen LogP contribution in [0.3, 0.4) is 0 Å². The molecular weight excluding hydrogens is 300 g/mol. The summed E-state index contributed by atoms with van der Waals surface area (Å²) < 4.78 is 5.80. The second-order valence-electron chi connectivity index (χ2n) is 6.57. The monoisotopic (exact) mass is 324 g/mol. The summed E-state index contributed by atoms with van der Waals surface area (Å²) >= 11 is 0. The predicted molar refractivity (Wildman–Crippen MR) is 99.3 cm³/mol. The molecule has 0 bridgehead atoms. The molecule has 0 saturated carbocycles. The summed E-state index contributed by atoms with van der Waals surface area (Å²) in [5.41, 5.74) is 13.9. The SMILES string of the molecule is CC(C)(C)c1ccc(COc2ccc(/C=N/N=C(N)N)cc2)cc1. The fourth-order valence-corrected chi connectivity index (χ4v) is 2.08. The average molecular weight is 324 g/mol. The zero-order valence-electron chi connectivity index (χ0n) is 14.4. The largest absolute Gasteiger partial charge is 0.489 e. The lowest BCUT2D eigenvalue weighted by Gasteiger charge is -2.19. The molecule has 0 aliphatic carbocycles. The summed E-state index contributed by atoms with van der Waals surface area (Å²) in [6, 6.07) is 16.1. The summed E-state index contributed by atoms with van der Waals surface area (Å²) in [4.78, 5) is 0.